The van der Waals surface area contributed by atoms with Gasteiger partial charge in [0.1, 0.15) is 0 Å². The first kappa shape index (κ1) is 15.3. The molecule has 110 valence electrons. The molecule has 0 N–H and O–H groups in total. The van der Waals surface area contributed by atoms with Crippen LogP contribution in [0, 0.1) is 33.3 Å². The van der Waals surface area contributed by atoms with Crippen molar-refractivity contribution in [1.29, 1.82) is 5.26 Å². The molecule has 2 atom stereocenters. The lowest BCUT2D eigenvalue weighted by Gasteiger charge is -2.27. The monoisotopic (exact) mass is 296 g/mol. The number of hydrogen-bond acceptors (Lipinski definition) is 3. The van der Waals surface area contributed by atoms with Gasteiger partial charge in [0, 0.05) is 28.7 Å². The van der Waals surface area contributed by atoms with E-state index in [9.17, 15) is 15.4 Å². The van der Waals surface area contributed by atoms with Gasteiger partial charge in [-0.15, -0.1) is 11.6 Å². The first-order valence-corrected chi connectivity index (χ1v) is 7.95. The van der Waals surface area contributed by atoms with Gasteiger partial charge in [-0.05, 0) is 37.5 Å². The molecule has 0 bridgehead atoms. The molecular weight excluding hydrogens is 276 g/mol. The van der Waals surface area contributed by atoms with Crippen molar-refractivity contribution in [3.05, 3.63) is 21.8 Å². The maximum Gasteiger partial charge on any atom is 0.213 e. The van der Waals surface area contributed by atoms with Crippen LogP contribution in [0.3, 0.4) is 0 Å². The van der Waals surface area contributed by atoms with Crippen molar-refractivity contribution >= 4 is 11.6 Å². The highest BCUT2D eigenvalue weighted by molar-refractivity contribution is 6.20. The third kappa shape index (κ3) is 3.73. The Labute approximate surface area is 124 Å². The molecule has 0 saturated heterocycles. The summed E-state index contributed by atoms with van der Waals surface area (Å²) in [6.45, 7) is 0. The number of nitrogens with zero attached hydrogens (tertiary/aromatic N) is 2. The lowest BCUT2D eigenvalue weighted by Crippen LogP contribution is -2.27. The van der Waals surface area contributed by atoms with Gasteiger partial charge < -0.3 is 0 Å². The van der Waals surface area contributed by atoms with Crippen LogP contribution in [0.2, 0.25) is 0 Å². The fraction of sp³-hybridized carbons (Fsp3) is 0.800. The van der Waals surface area contributed by atoms with Crippen LogP contribution < -0.4 is 0 Å². The second-order valence-electron chi connectivity index (χ2n) is 5.99. The van der Waals surface area contributed by atoms with E-state index in [4.69, 9.17) is 11.6 Å². The zero-order valence-electron chi connectivity index (χ0n) is 11.6. The fourth-order valence-electron chi connectivity index (χ4n) is 3.39. The number of hydrogen-bond donors (Lipinski definition) is 0. The van der Waals surface area contributed by atoms with Gasteiger partial charge in [0.05, 0.1) is 6.07 Å². The van der Waals surface area contributed by atoms with Gasteiger partial charge in [0.25, 0.3) is 0 Å². The molecular formula is C15H21ClN2O2. The third-order valence-electron chi connectivity index (χ3n) is 4.69. The molecule has 0 spiro atoms. The highest BCUT2D eigenvalue weighted by Gasteiger charge is 2.31. The highest BCUT2D eigenvalue weighted by Crippen LogP contribution is 2.35. The Balaban J connectivity index is 1.98. The Morgan fingerprint density at radius 1 is 1.20 bits per heavy atom. The molecule has 0 unspecified atom stereocenters. The molecule has 0 aliphatic heterocycles. The van der Waals surface area contributed by atoms with Crippen molar-refractivity contribution < 1.29 is 4.92 Å². The van der Waals surface area contributed by atoms with Crippen molar-refractivity contribution in [2.24, 2.45) is 11.8 Å². The second-order valence-corrected chi connectivity index (χ2v) is 6.55. The number of nitriles is 1. The van der Waals surface area contributed by atoms with Gasteiger partial charge in [0.2, 0.25) is 6.04 Å². The number of halogens is 1. The van der Waals surface area contributed by atoms with E-state index in [2.05, 4.69) is 12.1 Å². The summed E-state index contributed by atoms with van der Waals surface area (Å²) in [6.07, 6.45) is 9.19. The third-order valence-corrected chi connectivity index (χ3v) is 5.23. The maximum absolute atomic E-state index is 10.8. The zero-order chi connectivity index (χ0) is 14.5. The molecule has 5 heteroatoms. The summed E-state index contributed by atoms with van der Waals surface area (Å²) in [4.78, 5) is 10.6. The van der Waals surface area contributed by atoms with Crippen molar-refractivity contribution in [1.82, 2.24) is 0 Å². The lowest BCUT2D eigenvalue weighted by atomic mass is 9.79. The van der Waals surface area contributed by atoms with E-state index >= 15 is 0 Å². The molecule has 20 heavy (non-hydrogen) atoms. The van der Waals surface area contributed by atoms with Gasteiger partial charge >= 0.3 is 0 Å². The molecule has 0 aromatic rings. The predicted octanol–water partition coefficient (Wildman–Crippen LogP) is 4.07. The van der Waals surface area contributed by atoms with E-state index in [0.717, 1.165) is 31.3 Å². The summed E-state index contributed by atoms with van der Waals surface area (Å²) >= 11 is 6.34. The molecule has 2 fully saturated rings. The zero-order valence-corrected chi connectivity index (χ0v) is 12.4. The SMILES string of the molecule is N#C/C(=C\[C@@H]1CCCC[C@H]1Cl)C1CCC([N+](=O)[O-])CC1. The quantitative estimate of drug-likeness (QED) is 0.341. The first-order valence-electron chi connectivity index (χ1n) is 7.51. The van der Waals surface area contributed by atoms with E-state index < -0.39 is 6.04 Å². The van der Waals surface area contributed by atoms with Crippen molar-refractivity contribution in [2.75, 3.05) is 0 Å². The summed E-state index contributed by atoms with van der Waals surface area (Å²) < 4.78 is 0. The average molecular weight is 297 g/mol. The molecule has 2 rings (SSSR count). The Kier molecular flexibility index (Phi) is 5.42. The molecule has 0 aromatic carbocycles. The van der Waals surface area contributed by atoms with E-state index in [0.29, 0.717) is 18.8 Å². The van der Waals surface area contributed by atoms with Gasteiger partial charge in [-0.3, -0.25) is 10.1 Å². The van der Waals surface area contributed by atoms with Gasteiger partial charge in [-0.1, -0.05) is 18.9 Å². The first-order chi connectivity index (χ1) is 9.61. The fourth-order valence-corrected chi connectivity index (χ4v) is 3.75. The normalized spacial score (nSPS) is 35.3. The topological polar surface area (TPSA) is 66.9 Å². The molecule has 2 saturated carbocycles. The molecule has 2 aliphatic rings. The molecule has 0 aromatic heterocycles. The van der Waals surface area contributed by atoms with E-state index in [1.807, 2.05) is 0 Å². The Morgan fingerprint density at radius 2 is 1.85 bits per heavy atom. The molecule has 0 radical (unpaired) electrons. The van der Waals surface area contributed by atoms with Gasteiger partial charge in [0.15, 0.2) is 0 Å². The van der Waals surface area contributed by atoms with Gasteiger partial charge in [-0.2, -0.15) is 5.26 Å². The smallest absolute Gasteiger partial charge is 0.213 e. The Bertz CT molecular complexity index is 422. The van der Waals surface area contributed by atoms with Gasteiger partial charge in [-0.25, -0.2) is 0 Å². The minimum Gasteiger partial charge on any atom is -0.264 e. The molecule has 0 heterocycles. The van der Waals surface area contributed by atoms with E-state index in [-0.39, 0.29) is 16.2 Å². The summed E-state index contributed by atoms with van der Waals surface area (Å²) in [5.74, 6) is 0.496. The van der Waals surface area contributed by atoms with Crippen molar-refractivity contribution in [3.63, 3.8) is 0 Å². The minimum absolute atomic E-state index is 0.141. The average Bonchev–Trinajstić information content (AvgIpc) is 2.46. The number of allylic oxidation sites excluding steroid dienone is 2. The van der Waals surface area contributed by atoms with Crippen LogP contribution in [-0.4, -0.2) is 16.3 Å². The second kappa shape index (κ2) is 7.08. The lowest BCUT2D eigenvalue weighted by molar-refractivity contribution is -0.526. The standard InChI is InChI=1S/C15H21ClN2O2/c16-15-4-2-1-3-12(15)9-13(10-17)11-5-7-14(8-6-11)18(19)20/h9,11-12,14-15H,1-8H2/b13-9+/t11?,12-,14?,15+/m0/s1. The Hall–Kier alpha value is -1.08. The van der Waals surface area contributed by atoms with Crippen molar-refractivity contribution in [3.8, 4) is 6.07 Å². The van der Waals surface area contributed by atoms with Crippen LogP contribution in [0.15, 0.2) is 11.6 Å². The summed E-state index contributed by atoms with van der Waals surface area (Å²) in [5, 5.41) is 20.3. The van der Waals surface area contributed by atoms with Crippen molar-refractivity contribution in [2.45, 2.75) is 62.8 Å². The molecule has 4 nitrogen and oxygen atoms in total. The summed E-state index contributed by atoms with van der Waals surface area (Å²) in [7, 11) is 0. The van der Waals surface area contributed by atoms with Crippen LogP contribution in [-0.2, 0) is 0 Å². The minimum atomic E-state index is -0.415. The maximum atomic E-state index is 10.8. The summed E-state index contributed by atoms with van der Waals surface area (Å²) in [6, 6.07) is 1.90. The largest absolute Gasteiger partial charge is 0.264 e. The van der Waals surface area contributed by atoms with Crippen LogP contribution in [0.1, 0.15) is 51.4 Å². The number of rotatable bonds is 3. The Morgan fingerprint density at radius 3 is 2.40 bits per heavy atom. The predicted molar refractivity (Wildman–Crippen MR) is 78.0 cm³/mol. The van der Waals surface area contributed by atoms with E-state index in [1.165, 1.54) is 12.8 Å². The highest BCUT2D eigenvalue weighted by atomic mass is 35.5. The number of nitro groups is 1. The number of alkyl halides is 1. The summed E-state index contributed by atoms with van der Waals surface area (Å²) in [5.41, 5.74) is 0.810. The van der Waals surface area contributed by atoms with Crippen LogP contribution in [0.4, 0.5) is 0 Å². The van der Waals surface area contributed by atoms with E-state index in [1.54, 1.807) is 0 Å². The van der Waals surface area contributed by atoms with Crippen LogP contribution >= 0.6 is 11.6 Å². The van der Waals surface area contributed by atoms with Crippen LogP contribution in [0.5, 0.6) is 0 Å². The molecule has 2 aliphatic carbocycles. The molecule has 0 amide bonds. The van der Waals surface area contributed by atoms with Crippen LogP contribution in [0.25, 0.3) is 0 Å².